The Morgan fingerprint density at radius 2 is 2.28 bits per heavy atom. The van der Waals surface area contributed by atoms with E-state index < -0.39 is 5.82 Å². The lowest BCUT2D eigenvalue weighted by Crippen LogP contribution is -2.33. The number of hydrogen-bond donors (Lipinski definition) is 1. The highest BCUT2D eigenvalue weighted by Crippen LogP contribution is 2.28. The van der Waals surface area contributed by atoms with Crippen LogP contribution < -0.4 is 5.32 Å². The molecule has 1 aliphatic rings. The summed E-state index contributed by atoms with van der Waals surface area (Å²) in [5.74, 6) is -0.593. The molecule has 2 unspecified atom stereocenters. The van der Waals surface area contributed by atoms with E-state index in [1.807, 2.05) is 11.8 Å². The van der Waals surface area contributed by atoms with Crippen molar-refractivity contribution in [3.8, 4) is 0 Å². The van der Waals surface area contributed by atoms with Crippen molar-refractivity contribution in [2.75, 3.05) is 6.26 Å². The fraction of sp³-hybridized carbons (Fsp3) is 0.462. The Bertz CT molecular complexity index is 455. The Balaban J connectivity index is 1.97. The number of thioether (sulfide) groups is 1. The summed E-state index contributed by atoms with van der Waals surface area (Å²) in [6, 6.07) is 4.68. The van der Waals surface area contributed by atoms with Gasteiger partial charge in [0.15, 0.2) is 0 Å². The Morgan fingerprint density at radius 3 is 2.89 bits per heavy atom. The van der Waals surface area contributed by atoms with Gasteiger partial charge in [-0.05, 0) is 59.6 Å². The first kappa shape index (κ1) is 13.9. The third-order valence-corrected chi connectivity index (χ3v) is 4.97. The summed E-state index contributed by atoms with van der Waals surface area (Å²) >= 11 is 4.92. The lowest BCUT2D eigenvalue weighted by atomic mass is 10.2. The van der Waals surface area contributed by atoms with E-state index in [9.17, 15) is 9.18 Å². The summed E-state index contributed by atoms with van der Waals surface area (Å²) in [5, 5.41) is 3.61. The molecule has 98 valence electrons. The minimum Gasteiger partial charge on any atom is -0.349 e. The van der Waals surface area contributed by atoms with Gasteiger partial charge in [0, 0.05) is 16.9 Å². The van der Waals surface area contributed by atoms with Gasteiger partial charge in [-0.2, -0.15) is 11.8 Å². The van der Waals surface area contributed by atoms with Crippen molar-refractivity contribution in [1.82, 2.24) is 5.32 Å². The van der Waals surface area contributed by atoms with Crippen molar-refractivity contribution in [2.45, 2.75) is 30.6 Å². The van der Waals surface area contributed by atoms with Crippen LogP contribution in [0, 0.1) is 5.82 Å². The molecule has 1 aromatic rings. The summed E-state index contributed by atoms with van der Waals surface area (Å²) < 4.78 is 13.7. The minimum atomic E-state index is -0.406. The first-order valence-corrected chi connectivity index (χ1v) is 7.97. The van der Waals surface area contributed by atoms with Crippen LogP contribution in [0.1, 0.15) is 29.6 Å². The van der Waals surface area contributed by atoms with Crippen LogP contribution in [0.3, 0.4) is 0 Å². The average Bonchev–Trinajstić information content (AvgIpc) is 2.80. The molecule has 0 radical (unpaired) electrons. The van der Waals surface area contributed by atoms with Gasteiger partial charge in [0.2, 0.25) is 0 Å². The number of carbonyl (C=O) groups excluding carboxylic acids is 1. The molecule has 1 amide bonds. The second-order valence-corrected chi connectivity index (χ2v) is 6.46. The van der Waals surface area contributed by atoms with Gasteiger partial charge in [0.05, 0.1) is 4.47 Å². The average molecular weight is 332 g/mol. The van der Waals surface area contributed by atoms with Crippen molar-refractivity contribution < 1.29 is 9.18 Å². The van der Waals surface area contributed by atoms with E-state index >= 15 is 0 Å². The van der Waals surface area contributed by atoms with Crippen LogP contribution in [0.4, 0.5) is 4.39 Å². The highest BCUT2D eigenvalue weighted by molar-refractivity contribution is 9.10. The maximum absolute atomic E-state index is 13.3. The SMILES string of the molecule is CSC1CCC(NC(=O)c2ccc(Br)c(F)c2)C1. The standard InChI is InChI=1S/C13H15BrFNOS/c1-18-10-4-3-9(7-10)16-13(17)8-2-5-11(14)12(15)6-8/h2,5-6,9-10H,3-4,7H2,1H3,(H,16,17). The van der Waals surface area contributed by atoms with Crippen LogP contribution in [0.25, 0.3) is 0 Å². The van der Waals surface area contributed by atoms with Gasteiger partial charge in [-0.25, -0.2) is 4.39 Å². The Labute approximate surface area is 119 Å². The Kier molecular flexibility index (Phi) is 4.67. The highest BCUT2D eigenvalue weighted by Gasteiger charge is 2.25. The summed E-state index contributed by atoms with van der Waals surface area (Å²) in [6.07, 6.45) is 5.25. The first-order chi connectivity index (χ1) is 8.60. The van der Waals surface area contributed by atoms with Gasteiger partial charge in [-0.3, -0.25) is 4.79 Å². The number of carbonyl (C=O) groups is 1. The molecule has 0 spiro atoms. The van der Waals surface area contributed by atoms with Crippen LogP contribution >= 0.6 is 27.7 Å². The zero-order chi connectivity index (χ0) is 13.1. The monoisotopic (exact) mass is 331 g/mol. The maximum atomic E-state index is 13.3. The first-order valence-electron chi connectivity index (χ1n) is 5.89. The Morgan fingerprint density at radius 1 is 1.50 bits per heavy atom. The number of nitrogens with one attached hydrogen (secondary N) is 1. The number of rotatable bonds is 3. The zero-order valence-electron chi connectivity index (χ0n) is 10.1. The molecular weight excluding hydrogens is 317 g/mol. The molecule has 1 fully saturated rings. The summed E-state index contributed by atoms with van der Waals surface area (Å²) in [6.45, 7) is 0. The number of benzene rings is 1. The van der Waals surface area contributed by atoms with Crippen LogP contribution in [0.5, 0.6) is 0 Å². The molecule has 1 N–H and O–H groups in total. The number of halogens is 2. The topological polar surface area (TPSA) is 29.1 Å². The fourth-order valence-electron chi connectivity index (χ4n) is 2.19. The van der Waals surface area contributed by atoms with E-state index in [1.165, 1.54) is 6.07 Å². The van der Waals surface area contributed by atoms with Crippen molar-refractivity contribution in [3.05, 3.63) is 34.1 Å². The third-order valence-electron chi connectivity index (χ3n) is 3.23. The number of amides is 1. The Hall–Kier alpha value is -0.550. The van der Waals surface area contributed by atoms with Crippen molar-refractivity contribution in [2.24, 2.45) is 0 Å². The van der Waals surface area contributed by atoms with Gasteiger partial charge in [0.25, 0.3) is 5.91 Å². The van der Waals surface area contributed by atoms with Gasteiger partial charge >= 0.3 is 0 Å². The molecular formula is C13H15BrFNOS. The van der Waals surface area contributed by atoms with E-state index in [-0.39, 0.29) is 11.9 Å². The molecule has 2 rings (SSSR count). The second-order valence-electron chi connectivity index (χ2n) is 4.47. The maximum Gasteiger partial charge on any atom is 0.251 e. The smallest absolute Gasteiger partial charge is 0.251 e. The molecule has 0 heterocycles. The quantitative estimate of drug-likeness (QED) is 0.916. The predicted molar refractivity (Wildman–Crippen MR) is 76.5 cm³/mol. The molecule has 0 aromatic heterocycles. The summed E-state index contributed by atoms with van der Waals surface area (Å²) in [4.78, 5) is 12.0. The van der Waals surface area contributed by atoms with Crippen LogP contribution in [-0.2, 0) is 0 Å². The second kappa shape index (κ2) is 6.06. The van der Waals surface area contributed by atoms with E-state index in [0.717, 1.165) is 19.3 Å². The van der Waals surface area contributed by atoms with Gasteiger partial charge in [-0.1, -0.05) is 0 Å². The predicted octanol–water partition coefficient (Wildman–Crippen LogP) is 3.60. The largest absolute Gasteiger partial charge is 0.349 e. The van der Waals surface area contributed by atoms with E-state index in [0.29, 0.717) is 15.3 Å². The third kappa shape index (κ3) is 3.26. The molecule has 18 heavy (non-hydrogen) atoms. The lowest BCUT2D eigenvalue weighted by Gasteiger charge is -2.13. The highest BCUT2D eigenvalue weighted by atomic mass is 79.9. The van der Waals surface area contributed by atoms with Gasteiger partial charge in [0.1, 0.15) is 5.82 Å². The zero-order valence-corrected chi connectivity index (χ0v) is 12.5. The molecule has 0 bridgehead atoms. The fourth-order valence-corrected chi connectivity index (χ4v) is 3.23. The molecule has 2 nitrogen and oxygen atoms in total. The van der Waals surface area contributed by atoms with Gasteiger partial charge < -0.3 is 5.32 Å². The molecule has 1 aromatic carbocycles. The van der Waals surface area contributed by atoms with Gasteiger partial charge in [-0.15, -0.1) is 0 Å². The molecule has 2 atom stereocenters. The molecule has 1 aliphatic carbocycles. The van der Waals surface area contributed by atoms with Crippen molar-refractivity contribution in [3.63, 3.8) is 0 Å². The summed E-state index contributed by atoms with van der Waals surface area (Å²) in [5.41, 5.74) is 0.378. The number of hydrogen-bond acceptors (Lipinski definition) is 2. The van der Waals surface area contributed by atoms with Crippen LogP contribution in [0.15, 0.2) is 22.7 Å². The lowest BCUT2D eigenvalue weighted by molar-refractivity contribution is 0.0937. The normalized spacial score (nSPS) is 23.1. The van der Waals surface area contributed by atoms with E-state index in [2.05, 4.69) is 27.5 Å². The molecule has 1 saturated carbocycles. The minimum absolute atomic E-state index is 0.187. The molecule has 0 saturated heterocycles. The van der Waals surface area contributed by atoms with Crippen molar-refractivity contribution >= 4 is 33.6 Å². The molecule has 0 aliphatic heterocycles. The van der Waals surface area contributed by atoms with Crippen LogP contribution in [-0.4, -0.2) is 23.5 Å². The van der Waals surface area contributed by atoms with Crippen molar-refractivity contribution in [1.29, 1.82) is 0 Å². The molecule has 5 heteroatoms. The van der Waals surface area contributed by atoms with Crippen LogP contribution in [0.2, 0.25) is 0 Å². The van der Waals surface area contributed by atoms with E-state index in [1.54, 1.807) is 12.1 Å². The van der Waals surface area contributed by atoms with E-state index in [4.69, 9.17) is 0 Å². The summed E-state index contributed by atoms with van der Waals surface area (Å²) in [7, 11) is 0.